The lowest BCUT2D eigenvalue weighted by Crippen LogP contribution is -2.29. The van der Waals surface area contributed by atoms with E-state index in [2.05, 4.69) is 5.32 Å². The molecule has 1 aromatic rings. The molecule has 0 aliphatic heterocycles. The van der Waals surface area contributed by atoms with E-state index in [0.29, 0.717) is 24.9 Å². The molecular weight excluding hydrogens is 247 g/mol. The Hall–Kier alpha value is -1.62. The summed E-state index contributed by atoms with van der Waals surface area (Å²) < 4.78 is 19.1. The topological polar surface area (TPSA) is 64.4 Å². The van der Waals surface area contributed by atoms with E-state index in [9.17, 15) is 9.18 Å². The Morgan fingerprint density at radius 3 is 2.84 bits per heavy atom. The summed E-state index contributed by atoms with van der Waals surface area (Å²) in [4.78, 5) is 11.7. The van der Waals surface area contributed by atoms with Crippen LogP contribution in [0, 0.1) is 5.82 Å². The van der Waals surface area contributed by atoms with Crippen molar-refractivity contribution >= 4 is 11.6 Å². The molecule has 104 valence electrons. The van der Waals surface area contributed by atoms with E-state index in [4.69, 9.17) is 10.5 Å². The van der Waals surface area contributed by atoms with Crippen molar-refractivity contribution in [1.82, 2.24) is 5.32 Å². The Labute approximate surface area is 112 Å². The lowest BCUT2D eigenvalue weighted by atomic mass is 10.2. The fourth-order valence-corrected chi connectivity index (χ4v) is 2.26. The highest BCUT2D eigenvalue weighted by Gasteiger charge is 2.15. The van der Waals surface area contributed by atoms with Crippen LogP contribution >= 0.6 is 0 Å². The first kappa shape index (κ1) is 13.8. The highest BCUT2D eigenvalue weighted by Crippen LogP contribution is 2.20. The predicted octanol–water partition coefficient (Wildman–Crippen LogP) is 2.10. The maximum atomic E-state index is 13.5. The van der Waals surface area contributed by atoms with Crippen molar-refractivity contribution in [3.05, 3.63) is 29.6 Å². The summed E-state index contributed by atoms with van der Waals surface area (Å²) in [5, 5.41) is 2.64. The Bertz CT molecular complexity index is 445. The molecule has 0 saturated heterocycles. The van der Waals surface area contributed by atoms with Crippen molar-refractivity contribution in [1.29, 1.82) is 0 Å². The third kappa shape index (κ3) is 3.92. The van der Waals surface area contributed by atoms with E-state index in [1.165, 1.54) is 25.0 Å². The van der Waals surface area contributed by atoms with Crippen molar-refractivity contribution in [2.75, 3.05) is 18.9 Å². The highest BCUT2D eigenvalue weighted by atomic mass is 19.1. The number of anilines is 1. The number of nitrogens with one attached hydrogen (secondary N) is 1. The van der Waals surface area contributed by atoms with Gasteiger partial charge < -0.3 is 15.8 Å². The van der Waals surface area contributed by atoms with Crippen LogP contribution in [0.5, 0.6) is 0 Å². The first-order chi connectivity index (χ1) is 9.16. The van der Waals surface area contributed by atoms with Crippen LogP contribution in [0.25, 0.3) is 0 Å². The SMILES string of the molecule is Nc1ccc(C(=O)NCCOC2CCCC2)c(F)c1. The quantitative estimate of drug-likeness (QED) is 0.633. The number of benzene rings is 1. The van der Waals surface area contributed by atoms with Gasteiger partial charge in [-0.15, -0.1) is 0 Å². The second-order valence-corrected chi connectivity index (χ2v) is 4.77. The molecule has 1 aliphatic rings. The molecule has 2 rings (SSSR count). The van der Waals surface area contributed by atoms with Crippen LogP contribution in [-0.4, -0.2) is 25.2 Å². The summed E-state index contributed by atoms with van der Waals surface area (Å²) in [7, 11) is 0. The van der Waals surface area contributed by atoms with E-state index in [-0.39, 0.29) is 5.56 Å². The third-order valence-electron chi connectivity index (χ3n) is 3.28. The zero-order chi connectivity index (χ0) is 13.7. The molecule has 0 radical (unpaired) electrons. The third-order valence-corrected chi connectivity index (χ3v) is 3.28. The predicted molar refractivity (Wildman–Crippen MR) is 71.4 cm³/mol. The number of rotatable bonds is 5. The Kier molecular flexibility index (Phi) is 4.74. The van der Waals surface area contributed by atoms with E-state index in [0.717, 1.165) is 18.9 Å². The number of nitrogen functional groups attached to an aromatic ring is 1. The van der Waals surface area contributed by atoms with Crippen LogP contribution in [0.1, 0.15) is 36.0 Å². The fraction of sp³-hybridized carbons (Fsp3) is 0.500. The zero-order valence-corrected chi connectivity index (χ0v) is 10.8. The minimum atomic E-state index is -0.603. The number of nitrogens with two attached hydrogens (primary N) is 1. The number of carbonyl (C=O) groups excluding carboxylic acids is 1. The monoisotopic (exact) mass is 266 g/mol. The number of halogens is 1. The molecule has 19 heavy (non-hydrogen) atoms. The summed E-state index contributed by atoms with van der Waals surface area (Å²) in [6.45, 7) is 0.853. The van der Waals surface area contributed by atoms with Crippen molar-refractivity contribution in [3.63, 3.8) is 0 Å². The molecule has 3 N–H and O–H groups in total. The Morgan fingerprint density at radius 1 is 1.42 bits per heavy atom. The smallest absolute Gasteiger partial charge is 0.254 e. The molecule has 5 heteroatoms. The van der Waals surface area contributed by atoms with E-state index < -0.39 is 11.7 Å². The maximum absolute atomic E-state index is 13.5. The first-order valence-corrected chi connectivity index (χ1v) is 6.61. The van der Waals surface area contributed by atoms with Crippen LogP contribution in [0.4, 0.5) is 10.1 Å². The molecule has 0 bridgehead atoms. The summed E-state index contributed by atoms with van der Waals surface area (Å²) in [5.74, 6) is -1.04. The average molecular weight is 266 g/mol. The molecule has 0 atom stereocenters. The normalized spacial score (nSPS) is 15.6. The number of hydrogen-bond acceptors (Lipinski definition) is 3. The summed E-state index contributed by atoms with van der Waals surface area (Å²) in [5.41, 5.74) is 5.74. The lowest BCUT2D eigenvalue weighted by Gasteiger charge is -2.11. The van der Waals surface area contributed by atoms with Gasteiger partial charge >= 0.3 is 0 Å². The van der Waals surface area contributed by atoms with Gasteiger partial charge in [0.25, 0.3) is 5.91 Å². The van der Waals surface area contributed by atoms with Gasteiger partial charge in [-0.2, -0.15) is 0 Å². The fourth-order valence-electron chi connectivity index (χ4n) is 2.26. The molecule has 0 heterocycles. The molecule has 1 amide bonds. The van der Waals surface area contributed by atoms with Crippen molar-refractivity contribution < 1.29 is 13.9 Å². The molecule has 1 aromatic carbocycles. The molecule has 0 spiro atoms. The van der Waals surface area contributed by atoms with E-state index in [1.54, 1.807) is 0 Å². The van der Waals surface area contributed by atoms with Gasteiger partial charge in [0.15, 0.2) is 0 Å². The minimum absolute atomic E-state index is 0.00932. The van der Waals surface area contributed by atoms with E-state index >= 15 is 0 Å². The standard InChI is InChI=1S/C14H19FN2O2/c15-13-9-10(16)5-6-12(13)14(18)17-7-8-19-11-3-1-2-4-11/h5-6,9,11H,1-4,7-8,16H2,(H,17,18). The molecule has 1 fully saturated rings. The van der Waals surface area contributed by atoms with Crippen LogP contribution in [-0.2, 0) is 4.74 Å². The van der Waals surface area contributed by atoms with Crippen molar-refractivity contribution in [3.8, 4) is 0 Å². The van der Waals surface area contributed by atoms with Crippen LogP contribution in [0.2, 0.25) is 0 Å². The number of carbonyl (C=O) groups is 1. The molecular formula is C14H19FN2O2. The molecule has 0 unspecified atom stereocenters. The van der Waals surface area contributed by atoms with Gasteiger partial charge in [-0.05, 0) is 31.0 Å². The second kappa shape index (κ2) is 6.52. The van der Waals surface area contributed by atoms with E-state index in [1.807, 2.05) is 0 Å². The van der Waals surface area contributed by atoms with Crippen LogP contribution in [0.15, 0.2) is 18.2 Å². The van der Waals surface area contributed by atoms with Gasteiger partial charge in [0.2, 0.25) is 0 Å². The van der Waals surface area contributed by atoms with Crippen LogP contribution in [0.3, 0.4) is 0 Å². The summed E-state index contributed by atoms with van der Waals surface area (Å²) >= 11 is 0. The van der Waals surface area contributed by atoms with Gasteiger partial charge in [0.1, 0.15) is 5.82 Å². The number of ether oxygens (including phenoxy) is 1. The Balaban J connectivity index is 1.74. The number of hydrogen-bond donors (Lipinski definition) is 2. The zero-order valence-electron chi connectivity index (χ0n) is 10.8. The molecule has 0 aromatic heterocycles. The van der Waals surface area contributed by atoms with Crippen molar-refractivity contribution in [2.24, 2.45) is 0 Å². The first-order valence-electron chi connectivity index (χ1n) is 6.61. The maximum Gasteiger partial charge on any atom is 0.254 e. The van der Waals surface area contributed by atoms with Gasteiger partial charge in [-0.1, -0.05) is 12.8 Å². The minimum Gasteiger partial charge on any atom is -0.399 e. The average Bonchev–Trinajstić information content (AvgIpc) is 2.87. The van der Waals surface area contributed by atoms with Gasteiger partial charge in [-0.3, -0.25) is 4.79 Å². The van der Waals surface area contributed by atoms with Crippen molar-refractivity contribution in [2.45, 2.75) is 31.8 Å². The molecule has 1 saturated carbocycles. The lowest BCUT2D eigenvalue weighted by molar-refractivity contribution is 0.0581. The largest absolute Gasteiger partial charge is 0.399 e. The van der Waals surface area contributed by atoms with Gasteiger partial charge in [0.05, 0.1) is 18.3 Å². The summed E-state index contributed by atoms with van der Waals surface area (Å²) in [6, 6.07) is 4.04. The second-order valence-electron chi connectivity index (χ2n) is 4.77. The van der Waals surface area contributed by atoms with Gasteiger partial charge in [0, 0.05) is 12.2 Å². The van der Waals surface area contributed by atoms with Gasteiger partial charge in [-0.25, -0.2) is 4.39 Å². The highest BCUT2D eigenvalue weighted by molar-refractivity contribution is 5.94. The summed E-state index contributed by atoms with van der Waals surface area (Å²) in [6.07, 6.45) is 4.95. The van der Waals surface area contributed by atoms with Crippen LogP contribution < -0.4 is 11.1 Å². The molecule has 1 aliphatic carbocycles. The molecule has 4 nitrogen and oxygen atoms in total. The Morgan fingerprint density at radius 2 is 2.16 bits per heavy atom. The number of amides is 1.